The minimum atomic E-state index is -0.994. The van der Waals surface area contributed by atoms with Crippen LogP contribution in [0.15, 0.2) is 29.1 Å². The topological polar surface area (TPSA) is 111 Å². The summed E-state index contributed by atoms with van der Waals surface area (Å²) in [6.07, 6.45) is 0.884. The normalized spacial score (nSPS) is 19.7. The molecule has 2 atom stereocenters. The molecule has 24 heavy (non-hydrogen) atoms. The van der Waals surface area contributed by atoms with Gasteiger partial charge in [-0.1, -0.05) is 12.1 Å². The molecule has 0 amide bonds. The van der Waals surface area contributed by atoms with E-state index in [2.05, 4.69) is 4.98 Å². The molecule has 3 N–H and O–H groups in total. The fourth-order valence-corrected chi connectivity index (χ4v) is 3.17. The quantitative estimate of drug-likeness (QED) is 0.811. The van der Waals surface area contributed by atoms with Gasteiger partial charge in [0.2, 0.25) is 0 Å². The number of ether oxygens (including phenoxy) is 2. The monoisotopic (exact) mass is 330 g/mol. The number of para-hydroxylation sites is 1. The van der Waals surface area contributed by atoms with Crippen LogP contribution >= 0.6 is 0 Å². The number of methoxy groups -OCH3 is 1. The SMILES string of the molecule is COC(=O)[C@H]1c2c(c3ccccc3[nH]c2=O)OC(=O)[C@@H]1CCCN. The lowest BCUT2D eigenvalue weighted by Gasteiger charge is -2.30. The zero-order valence-corrected chi connectivity index (χ0v) is 13.2. The highest BCUT2D eigenvalue weighted by Gasteiger charge is 2.44. The number of benzene rings is 1. The van der Waals surface area contributed by atoms with Gasteiger partial charge < -0.3 is 20.2 Å². The maximum absolute atomic E-state index is 12.6. The Labute approximate surface area is 137 Å². The summed E-state index contributed by atoms with van der Waals surface area (Å²) >= 11 is 0. The van der Waals surface area contributed by atoms with Crippen LogP contribution in [-0.2, 0) is 14.3 Å². The van der Waals surface area contributed by atoms with Crippen molar-refractivity contribution in [2.24, 2.45) is 11.7 Å². The second kappa shape index (κ2) is 6.45. The van der Waals surface area contributed by atoms with E-state index in [1.165, 1.54) is 7.11 Å². The molecule has 2 aromatic rings. The molecule has 0 radical (unpaired) electrons. The third kappa shape index (κ3) is 2.56. The average molecular weight is 330 g/mol. The second-order valence-electron chi connectivity index (χ2n) is 5.70. The van der Waals surface area contributed by atoms with Crippen molar-refractivity contribution in [2.45, 2.75) is 18.8 Å². The predicted molar refractivity (Wildman–Crippen MR) is 86.7 cm³/mol. The van der Waals surface area contributed by atoms with Crippen LogP contribution in [0, 0.1) is 5.92 Å². The number of aromatic nitrogens is 1. The molecule has 0 fully saturated rings. The molecule has 7 nitrogen and oxygen atoms in total. The van der Waals surface area contributed by atoms with Crippen LogP contribution in [0.25, 0.3) is 10.9 Å². The molecule has 0 saturated carbocycles. The van der Waals surface area contributed by atoms with Gasteiger partial charge in [0.15, 0.2) is 0 Å². The molecule has 0 spiro atoms. The third-order valence-electron chi connectivity index (χ3n) is 4.30. The number of nitrogens with one attached hydrogen (secondary N) is 1. The molecule has 126 valence electrons. The number of hydrogen-bond acceptors (Lipinski definition) is 6. The maximum Gasteiger partial charge on any atom is 0.315 e. The molecular formula is C17H18N2O5. The Morgan fingerprint density at radius 1 is 1.33 bits per heavy atom. The summed E-state index contributed by atoms with van der Waals surface area (Å²) in [6.45, 7) is 0.374. The van der Waals surface area contributed by atoms with Crippen LogP contribution in [-0.4, -0.2) is 30.6 Å². The Hall–Kier alpha value is -2.67. The molecule has 1 aromatic heterocycles. The van der Waals surface area contributed by atoms with Crippen LogP contribution < -0.4 is 16.0 Å². The number of carbonyl (C=O) groups excluding carboxylic acids is 2. The van der Waals surface area contributed by atoms with Crippen LogP contribution in [0.4, 0.5) is 0 Å². The maximum atomic E-state index is 12.6. The van der Waals surface area contributed by atoms with Crippen molar-refractivity contribution in [3.8, 4) is 5.75 Å². The van der Waals surface area contributed by atoms with E-state index in [0.29, 0.717) is 30.3 Å². The molecule has 7 heteroatoms. The molecule has 3 rings (SSSR count). The Bertz CT molecular complexity index is 858. The molecule has 1 aromatic carbocycles. The molecule has 0 bridgehead atoms. The Balaban J connectivity index is 2.24. The summed E-state index contributed by atoms with van der Waals surface area (Å²) in [7, 11) is 1.23. The van der Waals surface area contributed by atoms with Gasteiger partial charge in [-0.2, -0.15) is 0 Å². The Morgan fingerprint density at radius 2 is 2.08 bits per heavy atom. The average Bonchev–Trinajstić information content (AvgIpc) is 2.59. The summed E-state index contributed by atoms with van der Waals surface area (Å²) in [5.41, 5.74) is 5.73. The van der Waals surface area contributed by atoms with E-state index in [-0.39, 0.29) is 11.3 Å². The third-order valence-corrected chi connectivity index (χ3v) is 4.30. The van der Waals surface area contributed by atoms with Gasteiger partial charge in [-0.3, -0.25) is 14.4 Å². The molecule has 1 aliphatic heterocycles. The summed E-state index contributed by atoms with van der Waals surface area (Å²) in [4.78, 5) is 40.1. The number of H-pyrrole nitrogens is 1. The molecule has 0 aliphatic carbocycles. The van der Waals surface area contributed by atoms with Crippen molar-refractivity contribution in [1.82, 2.24) is 4.98 Å². The summed E-state index contributed by atoms with van der Waals surface area (Å²) in [5, 5.41) is 0.576. The minimum absolute atomic E-state index is 0.138. The largest absolute Gasteiger partial charge is 0.469 e. The van der Waals surface area contributed by atoms with Gasteiger partial charge in [0, 0.05) is 5.39 Å². The van der Waals surface area contributed by atoms with Crippen LogP contribution in [0.1, 0.15) is 24.3 Å². The van der Waals surface area contributed by atoms with E-state index in [0.717, 1.165) is 0 Å². The zero-order valence-electron chi connectivity index (χ0n) is 13.2. The molecule has 2 heterocycles. The first kappa shape index (κ1) is 16.2. The van der Waals surface area contributed by atoms with Crippen molar-refractivity contribution in [3.63, 3.8) is 0 Å². The molecule has 0 unspecified atom stereocenters. The lowest BCUT2D eigenvalue weighted by Crippen LogP contribution is -2.40. The summed E-state index contributed by atoms with van der Waals surface area (Å²) in [6, 6.07) is 6.96. The smallest absolute Gasteiger partial charge is 0.315 e. The number of aromatic amines is 1. The van der Waals surface area contributed by atoms with Gasteiger partial charge in [-0.25, -0.2) is 0 Å². The van der Waals surface area contributed by atoms with Gasteiger partial charge in [0.1, 0.15) is 11.7 Å². The first-order valence-corrected chi connectivity index (χ1v) is 7.73. The van der Waals surface area contributed by atoms with Gasteiger partial charge in [-0.05, 0) is 31.5 Å². The highest BCUT2D eigenvalue weighted by molar-refractivity contribution is 5.96. The van der Waals surface area contributed by atoms with Crippen LogP contribution in [0.3, 0.4) is 0 Å². The number of rotatable bonds is 4. The van der Waals surface area contributed by atoms with Crippen LogP contribution in [0.5, 0.6) is 5.75 Å². The number of nitrogens with two attached hydrogens (primary N) is 1. The van der Waals surface area contributed by atoms with E-state index in [1.807, 2.05) is 0 Å². The summed E-state index contributed by atoms with van der Waals surface area (Å²) in [5.74, 6) is -2.81. The Kier molecular flexibility index (Phi) is 4.35. The van der Waals surface area contributed by atoms with Gasteiger partial charge >= 0.3 is 11.9 Å². The van der Waals surface area contributed by atoms with Crippen LogP contribution in [0.2, 0.25) is 0 Å². The van der Waals surface area contributed by atoms with Crippen molar-refractivity contribution >= 4 is 22.8 Å². The highest BCUT2D eigenvalue weighted by Crippen LogP contribution is 2.41. The van der Waals surface area contributed by atoms with E-state index >= 15 is 0 Å². The van der Waals surface area contributed by atoms with Gasteiger partial charge in [-0.15, -0.1) is 0 Å². The summed E-state index contributed by atoms with van der Waals surface area (Å²) < 4.78 is 10.3. The van der Waals surface area contributed by atoms with Crippen molar-refractivity contribution in [1.29, 1.82) is 0 Å². The number of pyridine rings is 1. The minimum Gasteiger partial charge on any atom is -0.469 e. The van der Waals surface area contributed by atoms with Crippen molar-refractivity contribution in [2.75, 3.05) is 13.7 Å². The zero-order chi connectivity index (χ0) is 17.3. The predicted octanol–water partition coefficient (Wildman–Crippen LogP) is 1.06. The molecule has 1 aliphatic rings. The number of hydrogen-bond donors (Lipinski definition) is 2. The van der Waals surface area contributed by atoms with E-state index < -0.39 is 29.3 Å². The standard InChI is InChI=1S/C17H18N2O5/c1-23-17(22)12-10(6-4-8-18)16(21)24-14-9-5-2-3-7-11(9)19-15(20)13(12)14/h2-3,5,7,10,12H,4,6,8,18H2,1H3,(H,19,20)/t10-,12-/m1/s1. The number of fused-ring (bicyclic) bond motifs is 3. The van der Waals surface area contributed by atoms with E-state index in [4.69, 9.17) is 15.2 Å². The van der Waals surface area contributed by atoms with E-state index in [9.17, 15) is 14.4 Å². The van der Waals surface area contributed by atoms with Gasteiger partial charge in [0.25, 0.3) is 5.56 Å². The second-order valence-corrected chi connectivity index (χ2v) is 5.70. The van der Waals surface area contributed by atoms with Gasteiger partial charge in [0.05, 0.1) is 24.1 Å². The highest BCUT2D eigenvalue weighted by atomic mass is 16.5. The molecule has 0 saturated heterocycles. The lowest BCUT2D eigenvalue weighted by molar-refractivity contribution is -0.152. The fourth-order valence-electron chi connectivity index (χ4n) is 3.17. The van der Waals surface area contributed by atoms with E-state index in [1.54, 1.807) is 24.3 Å². The number of carbonyl (C=O) groups is 2. The fraction of sp³-hybridized carbons (Fsp3) is 0.353. The molecular weight excluding hydrogens is 312 g/mol. The van der Waals surface area contributed by atoms with Crippen molar-refractivity contribution < 1.29 is 19.1 Å². The Morgan fingerprint density at radius 3 is 2.79 bits per heavy atom. The van der Waals surface area contributed by atoms with Crippen molar-refractivity contribution in [3.05, 3.63) is 40.2 Å². The first-order valence-electron chi connectivity index (χ1n) is 7.73. The number of esters is 2. The first-order chi connectivity index (χ1) is 11.6. The lowest BCUT2D eigenvalue weighted by atomic mass is 9.81.